The molecule has 0 fully saturated rings. The summed E-state index contributed by atoms with van der Waals surface area (Å²) in [5.74, 6) is 0.859. The van der Waals surface area contributed by atoms with Crippen molar-refractivity contribution in [2.75, 3.05) is 13.7 Å². The number of methoxy groups -OCH3 is 1. The molecule has 0 bridgehead atoms. The Morgan fingerprint density at radius 3 is 2.47 bits per heavy atom. The minimum Gasteiger partial charge on any atom is -0.497 e. The van der Waals surface area contributed by atoms with Crippen LogP contribution in [0, 0.1) is 0 Å². The molecule has 2 unspecified atom stereocenters. The highest BCUT2D eigenvalue weighted by molar-refractivity contribution is 5.29. The molecule has 1 aromatic rings. The zero-order valence-electron chi connectivity index (χ0n) is 10.6. The molecule has 1 heterocycles. The Bertz CT molecular complexity index is 411. The van der Waals surface area contributed by atoms with E-state index in [0.29, 0.717) is 0 Å². The van der Waals surface area contributed by atoms with Crippen molar-refractivity contribution in [1.82, 2.24) is 4.90 Å². The smallest absolute Gasteiger partial charge is 0.127 e. The first-order valence-corrected chi connectivity index (χ1v) is 5.87. The van der Waals surface area contributed by atoms with Gasteiger partial charge in [-0.3, -0.25) is 4.90 Å². The molecule has 1 N–H and O–H groups in total. The van der Waals surface area contributed by atoms with Gasteiger partial charge in [-0.15, -0.1) is 0 Å². The van der Waals surface area contributed by atoms with Gasteiger partial charge in [0.2, 0.25) is 0 Å². The number of aliphatic hydroxyl groups excluding tert-OH is 1. The maximum Gasteiger partial charge on any atom is 0.127 e. The third kappa shape index (κ3) is 2.51. The molecule has 0 aromatic heterocycles. The van der Waals surface area contributed by atoms with E-state index >= 15 is 0 Å². The van der Waals surface area contributed by atoms with E-state index in [-0.39, 0.29) is 6.04 Å². The van der Waals surface area contributed by atoms with Gasteiger partial charge in [-0.05, 0) is 37.6 Å². The largest absolute Gasteiger partial charge is 0.497 e. The summed E-state index contributed by atoms with van der Waals surface area (Å²) in [5.41, 5.74) is 2.41. The van der Waals surface area contributed by atoms with Crippen LogP contribution in [-0.4, -0.2) is 29.9 Å². The van der Waals surface area contributed by atoms with E-state index in [1.807, 2.05) is 37.3 Å². The van der Waals surface area contributed by atoms with Crippen LogP contribution in [0.4, 0.5) is 0 Å². The maximum atomic E-state index is 9.92. The molecule has 0 spiro atoms. The molecule has 0 radical (unpaired) electrons. The summed E-state index contributed by atoms with van der Waals surface area (Å²) in [6, 6.07) is 8.20. The summed E-state index contributed by atoms with van der Waals surface area (Å²) in [7, 11) is 1.66. The van der Waals surface area contributed by atoms with E-state index in [9.17, 15) is 5.11 Å². The van der Waals surface area contributed by atoms with Crippen LogP contribution in [0.3, 0.4) is 0 Å². The lowest BCUT2D eigenvalue weighted by molar-refractivity contribution is 0.0342. The normalized spacial score (nSPS) is 22.4. The lowest BCUT2D eigenvalue weighted by Gasteiger charge is -2.28. The van der Waals surface area contributed by atoms with Gasteiger partial charge >= 0.3 is 0 Å². The Labute approximate surface area is 102 Å². The molecule has 0 aliphatic carbocycles. The molecule has 3 nitrogen and oxygen atoms in total. The van der Waals surface area contributed by atoms with E-state index in [2.05, 4.69) is 11.8 Å². The lowest BCUT2D eigenvalue weighted by atomic mass is 10.1. The summed E-state index contributed by atoms with van der Waals surface area (Å²) in [5, 5.41) is 9.92. The van der Waals surface area contributed by atoms with Crippen molar-refractivity contribution in [2.45, 2.75) is 26.1 Å². The highest BCUT2D eigenvalue weighted by Gasteiger charge is 2.26. The monoisotopic (exact) mass is 233 g/mol. The van der Waals surface area contributed by atoms with Crippen LogP contribution in [0.5, 0.6) is 5.75 Å². The van der Waals surface area contributed by atoms with Crippen molar-refractivity contribution in [3.05, 3.63) is 41.5 Å². The van der Waals surface area contributed by atoms with Crippen LogP contribution >= 0.6 is 0 Å². The fraction of sp³-hybridized carbons (Fsp3) is 0.429. The summed E-state index contributed by atoms with van der Waals surface area (Å²) >= 11 is 0. The Hall–Kier alpha value is -1.32. The molecule has 92 valence electrons. The molecule has 1 aliphatic heterocycles. The molecule has 1 aromatic carbocycles. The molecule has 17 heavy (non-hydrogen) atoms. The van der Waals surface area contributed by atoms with Gasteiger partial charge in [0.15, 0.2) is 0 Å². The second-order valence-corrected chi connectivity index (χ2v) is 4.55. The van der Waals surface area contributed by atoms with Crippen LogP contribution in [0.25, 0.3) is 0 Å². The summed E-state index contributed by atoms with van der Waals surface area (Å²) in [6.07, 6.45) is 1.44. The van der Waals surface area contributed by atoms with Crippen LogP contribution in [0.2, 0.25) is 0 Å². The van der Waals surface area contributed by atoms with Gasteiger partial charge in [-0.1, -0.05) is 17.7 Å². The molecule has 3 heteroatoms. The first kappa shape index (κ1) is 12.1. The first-order chi connectivity index (χ1) is 8.11. The molecular weight excluding hydrogens is 214 g/mol. The molecule has 1 aliphatic rings. The van der Waals surface area contributed by atoms with Gasteiger partial charge in [0, 0.05) is 12.6 Å². The molecule has 0 saturated carbocycles. The number of rotatable bonds is 3. The number of hydrogen-bond donors (Lipinski definition) is 1. The zero-order valence-corrected chi connectivity index (χ0v) is 10.6. The minimum atomic E-state index is -0.466. The van der Waals surface area contributed by atoms with E-state index in [1.54, 1.807) is 7.11 Å². The minimum absolute atomic E-state index is 0.199. The van der Waals surface area contributed by atoms with Gasteiger partial charge in [-0.2, -0.15) is 0 Å². The maximum absolute atomic E-state index is 9.92. The van der Waals surface area contributed by atoms with Gasteiger partial charge < -0.3 is 9.84 Å². The van der Waals surface area contributed by atoms with E-state index < -0.39 is 6.23 Å². The van der Waals surface area contributed by atoms with E-state index in [1.165, 1.54) is 11.1 Å². The third-order valence-corrected chi connectivity index (χ3v) is 3.30. The second kappa shape index (κ2) is 4.90. The molecule has 2 rings (SSSR count). The van der Waals surface area contributed by atoms with Crippen LogP contribution in [0.1, 0.15) is 25.5 Å². The van der Waals surface area contributed by atoms with Crippen LogP contribution < -0.4 is 4.74 Å². The van der Waals surface area contributed by atoms with Crippen molar-refractivity contribution in [1.29, 1.82) is 0 Å². The van der Waals surface area contributed by atoms with Crippen molar-refractivity contribution >= 4 is 0 Å². The molecular formula is C14H19NO2. The fourth-order valence-corrected chi connectivity index (χ4v) is 2.22. The third-order valence-electron chi connectivity index (χ3n) is 3.30. The van der Waals surface area contributed by atoms with Crippen molar-refractivity contribution in [2.24, 2.45) is 0 Å². The van der Waals surface area contributed by atoms with Crippen molar-refractivity contribution in [3.8, 4) is 5.75 Å². The molecule has 0 saturated heterocycles. The quantitative estimate of drug-likeness (QED) is 0.813. The van der Waals surface area contributed by atoms with Crippen LogP contribution in [-0.2, 0) is 0 Å². The number of nitrogens with zero attached hydrogens (tertiary/aromatic N) is 1. The summed E-state index contributed by atoms with van der Waals surface area (Å²) in [4.78, 5) is 2.07. The van der Waals surface area contributed by atoms with Gasteiger partial charge in [-0.25, -0.2) is 0 Å². The first-order valence-electron chi connectivity index (χ1n) is 5.87. The highest BCUT2D eigenvalue weighted by atomic mass is 16.5. The average molecular weight is 233 g/mol. The van der Waals surface area contributed by atoms with E-state index in [0.717, 1.165) is 12.3 Å². The number of hydrogen-bond acceptors (Lipinski definition) is 3. The average Bonchev–Trinajstić information content (AvgIpc) is 2.68. The SMILES string of the molecule is COc1ccc(C(C)N2CC(C)=CC2O)cc1. The highest BCUT2D eigenvalue weighted by Crippen LogP contribution is 2.28. The predicted molar refractivity (Wildman–Crippen MR) is 67.9 cm³/mol. The van der Waals surface area contributed by atoms with Crippen molar-refractivity contribution in [3.63, 3.8) is 0 Å². The summed E-state index contributed by atoms with van der Waals surface area (Å²) < 4.78 is 5.14. The fourth-order valence-electron chi connectivity index (χ4n) is 2.22. The second-order valence-electron chi connectivity index (χ2n) is 4.55. The Morgan fingerprint density at radius 1 is 1.35 bits per heavy atom. The Balaban J connectivity index is 2.11. The van der Waals surface area contributed by atoms with Gasteiger partial charge in [0.05, 0.1) is 7.11 Å². The van der Waals surface area contributed by atoms with Crippen molar-refractivity contribution < 1.29 is 9.84 Å². The topological polar surface area (TPSA) is 32.7 Å². The molecule has 2 atom stereocenters. The Morgan fingerprint density at radius 2 is 2.00 bits per heavy atom. The predicted octanol–water partition coefficient (Wildman–Crippen LogP) is 2.34. The zero-order chi connectivity index (χ0) is 12.4. The van der Waals surface area contributed by atoms with Gasteiger partial charge in [0.1, 0.15) is 12.0 Å². The molecule has 0 amide bonds. The van der Waals surface area contributed by atoms with E-state index in [4.69, 9.17) is 4.74 Å². The lowest BCUT2D eigenvalue weighted by Crippen LogP contribution is -2.32. The standard InChI is InChI=1S/C14H19NO2/c1-10-8-14(16)15(9-10)11(2)12-4-6-13(17-3)7-5-12/h4-8,11,14,16H,9H2,1-3H3. The van der Waals surface area contributed by atoms with Gasteiger partial charge in [0.25, 0.3) is 0 Å². The number of aliphatic hydroxyl groups is 1. The number of benzene rings is 1. The number of ether oxygens (including phenoxy) is 1. The summed E-state index contributed by atoms with van der Waals surface area (Å²) in [6.45, 7) is 4.98. The van der Waals surface area contributed by atoms with Crippen LogP contribution in [0.15, 0.2) is 35.9 Å². The Kier molecular flexibility index (Phi) is 3.50.